The van der Waals surface area contributed by atoms with E-state index in [9.17, 15) is 4.79 Å². The molecular formula is C13H16O4. The summed E-state index contributed by atoms with van der Waals surface area (Å²) in [5.74, 6) is 1.81. The lowest BCUT2D eigenvalue weighted by Crippen LogP contribution is -2.00. The first-order chi connectivity index (χ1) is 8.35. The van der Waals surface area contributed by atoms with Gasteiger partial charge in [-0.3, -0.25) is 4.79 Å². The molecule has 0 N–H and O–H groups in total. The summed E-state index contributed by atoms with van der Waals surface area (Å²) < 4.78 is 16.0. The SMILES string of the molecule is CCCCCOc1cc2c(cc1C=O)OCO2. The standard InChI is InChI=1S/C13H16O4/c1-2-3-4-5-15-11-7-13-12(16-9-17-13)6-10(11)8-14/h6-8H,2-5,9H2,1H3. The fraction of sp³-hybridized carbons (Fsp3) is 0.462. The molecule has 0 fully saturated rings. The minimum Gasteiger partial charge on any atom is -0.493 e. The van der Waals surface area contributed by atoms with E-state index in [1.807, 2.05) is 0 Å². The first-order valence-corrected chi connectivity index (χ1v) is 5.86. The second kappa shape index (κ2) is 5.57. The average molecular weight is 236 g/mol. The normalized spacial score (nSPS) is 12.5. The number of carbonyl (C=O) groups is 1. The van der Waals surface area contributed by atoms with Gasteiger partial charge < -0.3 is 14.2 Å². The second-order valence-corrected chi connectivity index (χ2v) is 3.92. The Kier molecular flexibility index (Phi) is 3.85. The number of ether oxygens (including phenoxy) is 3. The topological polar surface area (TPSA) is 44.8 Å². The highest BCUT2D eigenvalue weighted by Crippen LogP contribution is 2.37. The van der Waals surface area contributed by atoms with E-state index in [1.165, 1.54) is 0 Å². The minimum absolute atomic E-state index is 0.201. The van der Waals surface area contributed by atoms with Gasteiger partial charge in [0, 0.05) is 6.07 Å². The van der Waals surface area contributed by atoms with Crippen LogP contribution in [0.5, 0.6) is 17.2 Å². The van der Waals surface area contributed by atoms with Crippen LogP contribution in [0.1, 0.15) is 36.5 Å². The van der Waals surface area contributed by atoms with Gasteiger partial charge in [-0.2, -0.15) is 0 Å². The maximum Gasteiger partial charge on any atom is 0.231 e. The summed E-state index contributed by atoms with van der Waals surface area (Å²) in [5, 5.41) is 0. The zero-order chi connectivity index (χ0) is 12.1. The Labute approximate surface area is 100 Å². The quantitative estimate of drug-likeness (QED) is 0.562. The maximum absolute atomic E-state index is 10.9. The molecule has 1 heterocycles. The highest BCUT2D eigenvalue weighted by Gasteiger charge is 2.17. The monoisotopic (exact) mass is 236 g/mol. The van der Waals surface area contributed by atoms with Gasteiger partial charge in [0.05, 0.1) is 12.2 Å². The number of carbonyl (C=O) groups excluding carboxylic acids is 1. The van der Waals surface area contributed by atoms with Gasteiger partial charge >= 0.3 is 0 Å². The summed E-state index contributed by atoms with van der Waals surface area (Å²) in [7, 11) is 0. The fourth-order valence-corrected chi connectivity index (χ4v) is 1.69. The Morgan fingerprint density at radius 1 is 1.29 bits per heavy atom. The lowest BCUT2D eigenvalue weighted by atomic mass is 10.2. The van der Waals surface area contributed by atoms with E-state index in [1.54, 1.807) is 12.1 Å². The molecule has 2 rings (SSSR count). The molecule has 17 heavy (non-hydrogen) atoms. The lowest BCUT2D eigenvalue weighted by Gasteiger charge is -2.09. The van der Waals surface area contributed by atoms with Crippen molar-refractivity contribution in [3.63, 3.8) is 0 Å². The van der Waals surface area contributed by atoms with Crippen molar-refractivity contribution in [3.05, 3.63) is 17.7 Å². The van der Waals surface area contributed by atoms with Crippen LogP contribution in [0.15, 0.2) is 12.1 Å². The Bertz CT molecular complexity index is 401. The van der Waals surface area contributed by atoms with E-state index < -0.39 is 0 Å². The first-order valence-electron chi connectivity index (χ1n) is 5.86. The van der Waals surface area contributed by atoms with Crippen LogP contribution in [-0.2, 0) is 0 Å². The van der Waals surface area contributed by atoms with E-state index in [-0.39, 0.29) is 6.79 Å². The molecule has 1 aromatic rings. The van der Waals surface area contributed by atoms with Gasteiger partial charge in [0.1, 0.15) is 5.75 Å². The van der Waals surface area contributed by atoms with Crippen molar-refractivity contribution in [1.29, 1.82) is 0 Å². The Morgan fingerprint density at radius 3 is 2.76 bits per heavy atom. The predicted molar refractivity (Wildman–Crippen MR) is 63.0 cm³/mol. The van der Waals surface area contributed by atoms with Gasteiger partial charge in [-0.15, -0.1) is 0 Å². The van der Waals surface area contributed by atoms with Crippen LogP contribution in [0.3, 0.4) is 0 Å². The second-order valence-electron chi connectivity index (χ2n) is 3.92. The fourth-order valence-electron chi connectivity index (χ4n) is 1.69. The molecule has 0 radical (unpaired) electrons. The van der Waals surface area contributed by atoms with Gasteiger partial charge in [0.2, 0.25) is 6.79 Å². The number of rotatable bonds is 6. The number of hydrogen-bond acceptors (Lipinski definition) is 4. The van der Waals surface area contributed by atoms with Crippen molar-refractivity contribution in [2.45, 2.75) is 26.2 Å². The van der Waals surface area contributed by atoms with Crippen molar-refractivity contribution >= 4 is 6.29 Å². The predicted octanol–water partition coefficient (Wildman–Crippen LogP) is 2.80. The summed E-state index contributed by atoms with van der Waals surface area (Å²) in [6, 6.07) is 3.38. The molecule has 1 aliphatic rings. The van der Waals surface area contributed by atoms with Crippen molar-refractivity contribution < 1.29 is 19.0 Å². The van der Waals surface area contributed by atoms with Crippen LogP contribution in [0.4, 0.5) is 0 Å². The number of aldehydes is 1. The molecule has 0 bridgehead atoms. The number of unbranched alkanes of at least 4 members (excludes halogenated alkanes) is 2. The van der Waals surface area contributed by atoms with Gasteiger partial charge in [0.15, 0.2) is 17.8 Å². The molecule has 1 aliphatic heterocycles. The summed E-state index contributed by atoms with van der Waals surface area (Å²) in [6.07, 6.45) is 4.03. The third-order valence-electron chi connectivity index (χ3n) is 2.64. The molecule has 92 valence electrons. The number of hydrogen-bond donors (Lipinski definition) is 0. The Morgan fingerprint density at radius 2 is 2.06 bits per heavy atom. The van der Waals surface area contributed by atoms with Crippen LogP contribution in [0.2, 0.25) is 0 Å². The third kappa shape index (κ3) is 2.70. The summed E-state index contributed by atoms with van der Waals surface area (Å²) in [6.45, 7) is 2.96. The third-order valence-corrected chi connectivity index (χ3v) is 2.64. The molecule has 0 unspecified atom stereocenters. The highest BCUT2D eigenvalue weighted by atomic mass is 16.7. The smallest absolute Gasteiger partial charge is 0.231 e. The molecule has 4 heteroatoms. The zero-order valence-corrected chi connectivity index (χ0v) is 9.90. The maximum atomic E-state index is 10.9. The van der Waals surface area contributed by atoms with E-state index in [4.69, 9.17) is 14.2 Å². The Balaban J connectivity index is 2.07. The highest BCUT2D eigenvalue weighted by molar-refractivity contribution is 5.81. The van der Waals surface area contributed by atoms with Crippen LogP contribution in [0.25, 0.3) is 0 Å². The van der Waals surface area contributed by atoms with E-state index >= 15 is 0 Å². The van der Waals surface area contributed by atoms with Gasteiger partial charge in [-0.1, -0.05) is 19.8 Å². The molecular weight excluding hydrogens is 220 g/mol. The molecule has 0 saturated heterocycles. The van der Waals surface area contributed by atoms with Crippen molar-refractivity contribution in [2.24, 2.45) is 0 Å². The average Bonchev–Trinajstić information content (AvgIpc) is 2.80. The van der Waals surface area contributed by atoms with Crippen molar-refractivity contribution in [3.8, 4) is 17.2 Å². The first kappa shape index (κ1) is 11.8. The molecule has 1 aromatic carbocycles. The van der Waals surface area contributed by atoms with E-state index in [0.717, 1.165) is 25.5 Å². The van der Waals surface area contributed by atoms with E-state index in [2.05, 4.69) is 6.92 Å². The van der Waals surface area contributed by atoms with Crippen molar-refractivity contribution in [2.75, 3.05) is 13.4 Å². The van der Waals surface area contributed by atoms with Crippen LogP contribution in [-0.4, -0.2) is 19.7 Å². The molecule has 0 atom stereocenters. The van der Waals surface area contributed by atoms with Crippen molar-refractivity contribution in [1.82, 2.24) is 0 Å². The molecule has 0 aliphatic carbocycles. The zero-order valence-electron chi connectivity index (χ0n) is 9.90. The summed E-state index contributed by atoms with van der Waals surface area (Å²) >= 11 is 0. The molecule has 4 nitrogen and oxygen atoms in total. The largest absolute Gasteiger partial charge is 0.493 e. The molecule has 0 saturated carbocycles. The van der Waals surface area contributed by atoms with E-state index in [0.29, 0.717) is 29.4 Å². The Hall–Kier alpha value is -1.71. The molecule has 0 amide bonds. The minimum atomic E-state index is 0.201. The molecule has 0 spiro atoms. The number of benzene rings is 1. The van der Waals surface area contributed by atoms with Gasteiger partial charge in [-0.05, 0) is 12.5 Å². The summed E-state index contributed by atoms with van der Waals surface area (Å²) in [5.41, 5.74) is 0.505. The molecule has 0 aromatic heterocycles. The van der Waals surface area contributed by atoms with Gasteiger partial charge in [-0.25, -0.2) is 0 Å². The van der Waals surface area contributed by atoms with Crippen LogP contribution >= 0.6 is 0 Å². The van der Waals surface area contributed by atoms with Crippen LogP contribution < -0.4 is 14.2 Å². The van der Waals surface area contributed by atoms with Gasteiger partial charge in [0.25, 0.3) is 0 Å². The number of fused-ring (bicyclic) bond motifs is 1. The summed E-state index contributed by atoms with van der Waals surface area (Å²) in [4.78, 5) is 10.9. The van der Waals surface area contributed by atoms with Crippen LogP contribution in [0, 0.1) is 0 Å². The lowest BCUT2D eigenvalue weighted by molar-refractivity contribution is 0.111.